The van der Waals surface area contributed by atoms with Crippen LogP contribution in [-0.2, 0) is 11.8 Å². The van der Waals surface area contributed by atoms with E-state index in [-0.39, 0.29) is 11.4 Å². The number of rotatable bonds is 2. The predicted molar refractivity (Wildman–Crippen MR) is 55.0 cm³/mol. The van der Waals surface area contributed by atoms with Gasteiger partial charge in [-0.15, -0.1) is 0 Å². The molecule has 0 bridgehead atoms. The molecule has 1 rings (SSSR count). The molecule has 1 aromatic heterocycles. The molecule has 7 heteroatoms. The molecule has 0 atom stereocenters. The summed E-state index contributed by atoms with van der Waals surface area (Å²) in [4.78, 5) is 21.6. The zero-order valence-electron chi connectivity index (χ0n) is 9.55. The molecule has 0 saturated carbocycles. The zero-order valence-corrected chi connectivity index (χ0v) is 9.55. The van der Waals surface area contributed by atoms with Crippen molar-refractivity contribution in [3.8, 4) is 0 Å². The van der Waals surface area contributed by atoms with Crippen molar-refractivity contribution >= 4 is 11.7 Å². The lowest BCUT2D eigenvalue weighted by atomic mass is 10.2. The molecule has 0 saturated heterocycles. The summed E-state index contributed by atoms with van der Waals surface area (Å²) in [7, 11) is 1.50. The van der Waals surface area contributed by atoms with Crippen LogP contribution in [-0.4, -0.2) is 26.3 Å². The van der Waals surface area contributed by atoms with Crippen LogP contribution in [0.4, 0.5) is 5.69 Å². The summed E-state index contributed by atoms with van der Waals surface area (Å²) < 4.78 is 6.21. The molecule has 1 heterocycles. The van der Waals surface area contributed by atoms with Gasteiger partial charge in [0.1, 0.15) is 11.8 Å². The Morgan fingerprint density at radius 3 is 2.56 bits per heavy atom. The van der Waals surface area contributed by atoms with E-state index in [9.17, 15) is 14.9 Å². The van der Waals surface area contributed by atoms with Crippen LogP contribution in [0, 0.1) is 10.1 Å². The number of carbonyl (C=O) groups is 1. The van der Waals surface area contributed by atoms with E-state index in [1.165, 1.54) is 17.9 Å². The largest absolute Gasteiger partial charge is 0.455 e. The number of aryl methyl sites for hydroxylation is 1. The first-order chi connectivity index (χ1) is 7.20. The third-order valence-electron chi connectivity index (χ3n) is 1.60. The lowest BCUT2D eigenvalue weighted by Gasteiger charge is -2.18. The molecule has 16 heavy (non-hydrogen) atoms. The summed E-state index contributed by atoms with van der Waals surface area (Å²) in [6.45, 7) is 5.04. The Hall–Kier alpha value is -1.92. The van der Waals surface area contributed by atoms with Crippen molar-refractivity contribution in [2.24, 2.45) is 7.05 Å². The molecule has 0 amide bonds. The Balaban J connectivity index is 3.04. The topological polar surface area (TPSA) is 87.3 Å². The van der Waals surface area contributed by atoms with Gasteiger partial charge in [-0.25, -0.2) is 4.79 Å². The molecule has 88 valence electrons. The SMILES string of the molecule is Cn1cc([N+](=O)[O-])c(C(=O)OC(C)(C)C)n1. The van der Waals surface area contributed by atoms with Crippen LogP contribution in [0.15, 0.2) is 6.20 Å². The second-order valence-corrected chi connectivity index (χ2v) is 4.30. The van der Waals surface area contributed by atoms with Gasteiger partial charge in [-0.1, -0.05) is 0 Å². The number of hydrogen-bond donors (Lipinski definition) is 0. The fourth-order valence-corrected chi connectivity index (χ4v) is 1.08. The number of nitrogens with zero attached hydrogens (tertiary/aromatic N) is 3. The maximum absolute atomic E-state index is 11.6. The lowest BCUT2D eigenvalue weighted by Crippen LogP contribution is -2.24. The van der Waals surface area contributed by atoms with E-state index >= 15 is 0 Å². The monoisotopic (exact) mass is 227 g/mol. The van der Waals surface area contributed by atoms with Crippen LogP contribution < -0.4 is 0 Å². The molecular weight excluding hydrogens is 214 g/mol. The Labute approximate surface area is 92.2 Å². The van der Waals surface area contributed by atoms with Gasteiger partial charge < -0.3 is 4.74 Å². The van der Waals surface area contributed by atoms with Crippen molar-refractivity contribution < 1.29 is 14.5 Å². The molecule has 0 N–H and O–H groups in total. The normalized spacial score (nSPS) is 11.2. The van der Waals surface area contributed by atoms with E-state index in [1.54, 1.807) is 20.8 Å². The number of aromatic nitrogens is 2. The second-order valence-electron chi connectivity index (χ2n) is 4.30. The molecule has 0 aliphatic carbocycles. The average Bonchev–Trinajstić information content (AvgIpc) is 2.44. The van der Waals surface area contributed by atoms with Gasteiger partial charge >= 0.3 is 11.7 Å². The standard InChI is InChI=1S/C9H13N3O4/c1-9(2,3)16-8(13)7-6(12(14)15)5-11(4)10-7/h5H,1-4H3. The molecule has 0 radical (unpaired) electrons. The van der Waals surface area contributed by atoms with Gasteiger partial charge in [0, 0.05) is 7.05 Å². The van der Waals surface area contributed by atoms with Crippen molar-refractivity contribution in [3.63, 3.8) is 0 Å². The highest BCUT2D eigenvalue weighted by molar-refractivity contribution is 5.91. The number of esters is 1. The first kappa shape index (κ1) is 12.2. The summed E-state index contributed by atoms with van der Waals surface area (Å²) in [5, 5.41) is 14.4. The van der Waals surface area contributed by atoms with E-state index in [0.717, 1.165) is 0 Å². The van der Waals surface area contributed by atoms with E-state index in [1.807, 2.05) is 0 Å². The Morgan fingerprint density at radius 2 is 2.12 bits per heavy atom. The minimum Gasteiger partial charge on any atom is -0.455 e. The smallest absolute Gasteiger partial charge is 0.366 e. The van der Waals surface area contributed by atoms with Gasteiger partial charge in [0.2, 0.25) is 5.69 Å². The third kappa shape index (κ3) is 2.78. The maximum atomic E-state index is 11.6. The minimum atomic E-state index is -0.792. The highest BCUT2D eigenvalue weighted by Gasteiger charge is 2.29. The highest BCUT2D eigenvalue weighted by atomic mass is 16.6. The fourth-order valence-electron chi connectivity index (χ4n) is 1.08. The van der Waals surface area contributed by atoms with E-state index in [2.05, 4.69) is 5.10 Å². The Kier molecular flexibility index (Phi) is 2.97. The van der Waals surface area contributed by atoms with Gasteiger partial charge in [0.25, 0.3) is 0 Å². The molecule has 0 aliphatic heterocycles. The third-order valence-corrected chi connectivity index (χ3v) is 1.60. The predicted octanol–water partition coefficient (Wildman–Crippen LogP) is 1.28. The number of hydrogen-bond acceptors (Lipinski definition) is 5. The van der Waals surface area contributed by atoms with Gasteiger partial charge in [-0.2, -0.15) is 5.10 Å². The Morgan fingerprint density at radius 1 is 1.56 bits per heavy atom. The zero-order chi connectivity index (χ0) is 12.5. The first-order valence-corrected chi connectivity index (χ1v) is 4.62. The maximum Gasteiger partial charge on any atom is 0.366 e. The van der Waals surface area contributed by atoms with Crippen LogP contribution in [0.25, 0.3) is 0 Å². The molecular formula is C9H13N3O4. The Bertz CT molecular complexity index is 430. The van der Waals surface area contributed by atoms with E-state index < -0.39 is 16.5 Å². The summed E-state index contributed by atoms with van der Waals surface area (Å²) in [6, 6.07) is 0. The number of nitro groups is 1. The molecule has 0 unspecified atom stereocenters. The molecule has 0 aliphatic rings. The van der Waals surface area contributed by atoms with Crippen molar-refractivity contribution in [1.82, 2.24) is 9.78 Å². The number of ether oxygens (including phenoxy) is 1. The summed E-state index contributed by atoms with van der Waals surface area (Å²) in [5.74, 6) is -0.792. The van der Waals surface area contributed by atoms with Crippen LogP contribution in [0.2, 0.25) is 0 Å². The number of carbonyl (C=O) groups excluding carboxylic acids is 1. The molecule has 0 fully saturated rings. The molecule has 7 nitrogen and oxygen atoms in total. The fraction of sp³-hybridized carbons (Fsp3) is 0.556. The van der Waals surface area contributed by atoms with Crippen molar-refractivity contribution in [2.45, 2.75) is 26.4 Å². The lowest BCUT2D eigenvalue weighted by molar-refractivity contribution is -0.385. The first-order valence-electron chi connectivity index (χ1n) is 4.62. The summed E-state index contributed by atoms with van der Waals surface area (Å²) in [6.07, 6.45) is 1.17. The van der Waals surface area contributed by atoms with E-state index in [0.29, 0.717) is 0 Å². The van der Waals surface area contributed by atoms with Gasteiger partial charge in [-0.05, 0) is 20.8 Å². The minimum absolute atomic E-state index is 0.276. The quantitative estimate of drug-likeness (QED) is 0.431. The van der Waals surface area contributed by atoms with Gasteiger partial charge in [0.05, 0.1) is 4.92 Å². The molecule has 0 spiro atoms. The van der Waals surface area contributed by atoms with Crippen LogP contribution in [0.5, 0.6) is 0 Å². The van der Waals surface area contributed by atoms with Crippen LogP contribution in [0.1, 0.15) is 31.3 Å². The summed E-state index contributed by atoms with van der Waals surface area (Å²) in [5.41, 5.74) is -1.33. The van der Waals surface area contributed by atoms with Crippen LogP contribution >= 0.6 is 0 Å². The van der Waals surface area contributed by atoms with Crippen molar-refractivity contribution in [1.29, 1.82) is 0 Å². The van der Waals surface area contributed by atoms with Crippen molar-refractivity contribution in [3.05, 3.63) is 22.0 Å². The molecule has 0 aromatic carbocycles. The molecule has 1 aromatic rings. The van der Waals surface area contributed by atoms with E-state index in [4.69, 9.17) is 4.74 Å². The summed E-state index contributed by atoms with van der Waals surface area (Å²) >= 11 is 0. The van der Waals surface area contributed by atoms with Gasteiger partial charge in [-0.3, -0.25) is 14.8 Å². The van der Waals surface area contributed by atoms with Gasteiger partial charge in [0.15, 0.2) is 0 Å². The highest BCUT2D eigenvalue weighted by Crippen LogP contribution is 2.19. The van der Waals surface area contributed by atoms with Crippen LogP contribution in [0.3, 0.4) is 0 Å². The second kappa shape index (κ2) is 3.92. The average molecular weight is 227 g/mol. The van der Waals surface area contributed by atoms with Crippen molar-refractivity contribution in [2.75, 3.05) is 0 Å².